The van der Waals surface area contributed by atoms with Crippen LogP contribution in [0.2, 0.25) is 0 Å². The molecule has 1 saturated carbocycles. The Hall–Kier alpha value is -1.22. The van der Waals surface area contributed by atoms with Crippen molar-refractivity contribution in [1.82, 2.24) is 4.98 Å². The van der Waals surface area contributed by atoms with Crippen LogP contribution in [0.25, 0.3) is 10.9 Å². The van der Waals surface area contributed by atoms with Crippen molar-refractivity contribution in [3.05, 3.63) is 36.0 Å². The second-order valence-electron chi connectivity index (χ2n) is 5.28. The summed E-state index contributed by atoms with van der Waals surface area (Å²) in [5, 5.41) is 1.93. The molecule has 2 nitrogen and oxygen atoms in total. The first-order valence-corrected chi connectivity index (χ1v) is 8.13. The second-order valence-corrected chi connectivity index (χ2v) is 6.57. The largest absolute Gasteiger partial charge is 0.398 e. The molecule has 0 radical (unpaired) electrons. The SMILES string of the molecule is Nc1ccc(CSC2CCCCC2)c2ncccc12. The van der Waals surface area contributed by atoms with Gasteiger partial charge in [-0.25, -0.2) is 0 Å². The van der Waals surface area contributed by atoms with Crippen molar-refractivity contribution in [3.63, 3.8) is 0 Å². The molecule has 100 valence electrons. The quantitative estimate of drug-likeness (QED) is 0.843. The molecule has 2 N–H and O–H groups in total. The zero-order valence-corrected chi connectivity index (χ0v) is 12.0. The highest BCUT2D eigenvalue weighted by Gasteiger charge is 2.14. The number of anilines is 1. The van der Waals surface area contributed by atoms with Gasteiger partial charge in [0.1, 0.15) is 0 Å². The molecule has 0 saturated heterocycles. The summed E-state index contributed by atoms with van der Waals surface area (Å²) >= 11 is 2.09. The summed E-state index contributed by atoms with van der Waals surface area (Å²) in [4.78, 5) is 4.51. The van der Waals surface area contributed by atoms with Crippen LogP contribution in [0.4, 0.5) is 5.69 Å². The first kappa shape index (κ1) is 12.8. The zero-order valence-electron chi connectivity index (χ0n) is 11.1. The van der Waals surface area contributed by atoms with E-state index >= 15 is 0 Å². The van der Waals surface area contributed by atoms with Crippen LogP contribution in [-0.2, 0) is 5.75 Å². The molecule has 3 heteroatoms. The monoisotopic (exact) mass is 272 g/mol. The topological polar surface area (TPSA) is 38.9 Å². The van der Waals surface area contributed by atoms with E-state index in [0.717, 1.165) is 27.6 Å². The average molecular weight is 272 g/mol. The highest BCUT2D eigenvalue weighted by atomic mass is 32.2. The van der Waals surface area contributed by atoms with Gasteiger partial charge in [-0.15, -0.1) is 0 Å². The zero-order chi connectivity index (χ0) is 13.1. The maximum absolute atomic E-state index is 6.02. The Labute approximate surface area is 118 Å². The molecule has 1 fully saturated rings. The van der Waals surface area contributed by atoms with Gasteiger partial charge in [0.15, 0.2) is 0 Å². The summed E-state index contributed by atoms with van der Waals surface area (Å²) in [6, 6.07) is 8.17. The van der Waals surface area contributed by atoms with Crippen LogP contribution in [0, 0.1) is 0 Å². The summed E-state index contributed by atoms with van der Waals surface area (Å²) in [6.45, 7) is 0. The molecular formula is C16H20N2S. The van der Waals surface area contributed by atoms with E-state index in [1.165, 1.54) is 37.7 Å². The van der Waals surface area contributed by atoms with Crippen LogP contribution in [0.1, 0.15) is 37.7 Å². The minimum Gasteiger partial charge on any atom is -0.398 e. The van der Waals surface area contributed by atoms with Crippen molar-refractivity contribution in [2.45, 2.75) is 43.1 Å². The third-order valence-corrected chi connectivity index (χ3v) is 5.33. The molecule has 1 aliphatic rings. The number of rotatable bonds is 3. The van der Waals surface area contributed by atoms with Crippen LogP contribution in [-0.4, -0.2) is 10.2 Å². The number of pyridine rings is 1. The predicted octanol–water partition coefficient (Wildman–Crippen LogP) is 4.38. The van der Waals surface area contributed by atoms with Crippen LogP contribution < -0.4 is 5.73 Å². The fraction of sp³-hybridized carbons (Fsp3) is 0.438. The maximum atomic E-state index is 6.02. The highest BCUT2D eigenvalue weighted by Crippen LogP contribution is 2.32. The minimum absolute atomic E-state index is 0.828. The van der Waals surface area contributed by atoms with Gasteiger partial charge < -0.3 is 5.73 Å². The summed E-state index contributed by atoms with van der Waals surface area (Å²) in [7, 11) is 0. The molecule has 1 aromatic carbocycles. The second kappa shape index (κ2) is 5.83. The van der Waals surface area contributed by atoms with Crippen molar-refractivity contribution in [1.29, 1.82) is 0 Å². The lowest BCUT2D eigenvalue weighted by molar-refractivity contribution is 0.516. The lowest BCUT2D eigenvalue weighted by atomic mass is 10.0. The summed E-state index contributed by atoms with van der Waals surface area (Å²) in [6.07, 6.45) is 8.84. The van der Waals surface area contributed by atoms with Crippen molar-refractivity contribution < 1.29 is 0 Å². The van der Waals surface area contributed by atoms with Gasteiger partial charge in [0.2, 0.25) is 0 Å². The maximum Gasteiger partial charge on any atom is 0.0763 e. The number of aromatic nitrogens is 1. The van der Waals surface area contributed by atoms with Gasteiger partial charge in [-0.05, 0) is 36.6 Å². The Morgan fingerprint density at radius 3 is 2.84 bits per heavy atom. The van der Waals surface area contributed by atoms with Gasteiger partial charge in [0.05, 0.1) is 5.52 Å². The predicted molar refractivity (Wildman–Crippen MR) is 84.3 cm³/mol. The van der Waals surface area contributed by atoms with Crippen LogP contribution in [0.5, 0.6) is 0 Å². The van der Waals surface area contributed by atoms with Gasteiger partial charge in [-0.2, -0.15) is 11.8 Å². The van der Waals surface area contributed by atoms with E-state index in [9.17, 15) is 0 Å². The fourth-order valence-electron chi connectivity index (χ4n) is 2.81. The van der Waals surface area contributed by atoms with E-state index in [-0.39, 0.29) is 0 Å². The molecule has 0 aliphatic heterocycles. The smallest absolute Gasteiger partial charge is 0.0763 e. The van der Waals surface area contributed by atoms with Crippen molar-refractivity contribution in [2.24, 2.45) is 0 Å². The number of nitrogens with two attached hydrogens (primary N) is 1. The van der Waals surface area contributed by atoms with Crippen molar-refractivity contribution in [3.8, 4) is 0 Å². The Bertz CT molecular complexity index is 562. The van der Waals surface area contributed by atoms with E-state index in [1.807, 2.05) is 18.3 Å². The number of hydrogen-bond donors (Lipinski definition) is 1. The molecule has 19 heavy (non-hydrogen) atoms. The standard InChI is InChI=1S/C16H20N2S/c17-15-9-8-12(16-14(15)7-4-10-18-16)11-19-13-5-2-1-3-6-13/h4,7-10,13H,1-3,5-6,11,17H2. The Balaban J connectivity index is 1.79. The molecule has 0 spiro atoms. The molecule has 1 aromatic heterocycles. The molecule has 0 bridgehead atoms. The van der Waals surface area contributed by atoms with Gasteiger partial charge in [0, 0.05) is 28.3 Å². The van der Waals surface area contributed by atoms with Crippen LogP contribution in [0.3, 0.4) is 0 Å². The third-order valence-electron chi connectivity index (χ3n) is 3.91. The molecule has 0 atom stereocenters. The average Bonchev–Trinajstić information content (AvgIpc) is 2.48. The van der Waals surface area contributed by atoms with Crippen LogP contribution >= 0.6 is 11.8 Å². The molecule has 2 aromatic rings. The van der Waals surface area contributed by atoms with E-state index in [2.05, 4.69) is 28.9 Å². The lowest BCUT2D eigenvalue weighted by Crippen LogP contribution is -2.08. The van der Waals surface area contributed by atoms with E-state index < -0.39 is 0 Å². The fourth-order valence-corrected chi connectivity index (χ4v) is 4.12. The number of fused-ring (bicyclic) bond motifs is 1. The number of benzene rings is 1. The van der Waals surface area contributed by atoms with Crippen LogP contribution in [0.15, 0.2) is 30.5 Å². The molecule has 0 unspecified atom stereocenters. The van der Waals surface area contributed by atoms with E-state index in [4.69, 9.17) is 5.73 Å². The Kier molecular flexibility index (Phi) is 3.92. The molecule has 0 amide bonds. The summed E-state index contributed by atoms with van der Waals surface area (Å²) in [5.74, 6) is 1.05. The van der Waals surface area contributed by atoms with Gasteiger partial charge in [-0.3, -0.25) is 4.98 Å². The third kappa shape index (κ3) is 2.86. The normalized spacial score (nSPS) is 16.8. The molecular weight excluding hydrogens is 252 g/mol. The summed E-state index contributed by atoms with van der Waals surface area (Å²) < 4.78 is 0. The molecule has 1 aliphatic carbocycles. The van der Waals surface area contributed by atoms with Gasteiger partial charge in [-0.1, -0.05) is 25.3 Å². The van der Waals surface area contributed by atoms with Gasteiger partial charge >= 0.3 is 0 Å². The number of thioether (sulfide) groups is 1. The van der Waals surface area contributed by atoms with E-state index in [1.54, 1.807) is 0 Å². The van der Waals surface area contributed by atoms with Crippen molar-refractivity contribution >= 4 is 28.4 Å². The highest BCUT2D eigenvalue weighted by molar-refractivity contribution is 7.99. The Morgan fingerprint density at radius 2 is 2.00 bits per heavy atom. The minimum atomic E-state index is 0.828. The first-order valence-electron chi connectivity index (χ1n) is 7.08. The van der Waals surface area contributed by atoms with Gasteiger partial charge in [0.25, 0.3) is 0 Å². The van der Waals surface area contributed by atoms with Crippen molar-refractivity contribution in [2.75, 3.05) is 5.73 Å². The molecule has 1 heterocycles. The summed E-state index contributed by atoms with van der Waals surface area (Å²) in [5.41, 5.74) is 9.24. The number of nitrogens with zero attached hydrogens (tertiary/aromatic N) is 1. The lowest BCUT2D eigenvalue weighted by Gasteiger charge is -2.21. The first-order chi connectivity index (χ1) is 9.34. The number of nitrogen functional groups attached to an aromatic ring is 1. The number of hydrogen-bond acceptors (Lipinski definition) is 3. The van der Waals surface area contributed by atoms with E-state index in [0.29, 0.717) is 0 Å². The Morgan fingerprint density at radius 1 is 1.16 bits per heavy atom. The molecule has 3 rings (SSSR count).